The van der Waals surface area contributed by atoms with E-state index in [1.54, 1.807) is 0 Å². The van der Waals surface area contributed by atoms with E-state index in [0.29, 0.717) is 6.54 Å². The highest BCUT2D eigenvalue weighted by atomic mass is 19.1. The SMILES string of the molecule is CN(C)CCCCNc1c(F)cccc1C(=O)O. The van der Waals surface area contributed by atoms with Crippen molar-refractivity contribution in [2.24, 2.45) is 0 Å². The highest BCUT2D eigenvalue weighted by Crippen LogP contribution is 2.19. The quantitative estimate of drug-likeness (QED) is 0.733. The van der Waals surface area contributed by atoms with E-state index in [2.05, 4.69) is 10.2 Å². The molecule has 1 aromatic rings. The van der Waals surface area contributed by atoms with Gasteiger partial charge in [0.2, 0.25) is 0 Å². The van der Waals surface area contributed by atoms with E-state index in [9.17, 15) is 9.18 Å². The van der Waals surface area contributed by atoms with Crippen LogP contribution >= 0.6 is 0 Å². The van der Waals surface area contributed by atoms with Crippen molar-refractivity contribution < 1.29 is 14.3 Å². The first kappa shape index (κ1) is 14.4. The minimum atomic E-state index is -1.12. The van der Waals surface area contributed by atoms with Gasteiger partial charge in [-0.05, 0) is 45.6 Å². The van der Waals surface area contributed by atoms with Crippen molar-refractivity contribution in [3.05, 3.63) is 29.6 Å². The summed E-state index contributed by atoms with van der Waals surface area (Å²) in [4.78, 5) is 13.0. The van der Waals surface area contributed by atoms with Crippen molar-refractivity contribution in [2.45, 2.75) is 12.8 Å². The van der Waals surface area contributed by atoms with Gasteiger partial charge < -0.3 is 15.3 Å². The van der Waals surface area contributed by atoms with Gasteiger partial charge in [-0.3, -0.25) is 0 Å². The molecule has 0 unspecified atom stereocenters. The lowest BCUT2D eigenvalue weighted by molar-refractivity contribution is 0.0697. The van der Waals surface area contributed by atoms with Crippen LogP contribution in [0.15, 0.2) is 18.2 Å². The van der Waals surface area contributed by atoms with E-state index in [4.69, 9.17) is 5.11 Å². The van der Waals surface area contributed by atoms with Gasteiger partial charge >= 0.3 is 5.97 Å². The fourth-order valence-corrected chi connectivity index (χ4v) is 1.65. The second kappa shape index (κ2) is 6.96. The Kier molecular flexibility index (Phi) is 5.58. The lowest BCUT2D eigenvalue weighted by atomic mass is 10.1. The number of rotatable bonds is 7. The Morgan fingerprint density at radius 3 is 2.72 bits per heavy atom. The van der Waals surface area contributed by atoms with E-state index in [0.717, 1.165) is 19.4 Å². The molecule has 18 heavy (non-hydrogen) atoms. The normalized spacial score (nSPS) is 10.7. The Labute approximate surface area is 106 Å². The Morgan fingerprint density at radius 2 is 2.11 bits per heavy atom. The number of unbranched alkanes of at least 4 members (excludes halogenated alkanes) is 1. The number of carbonyl (C=O) groups is 1. The Bertz CT molecular complexity index is 408. The summed E-state index contributed by atoms with van der Waals surface area (Å²) in [6.07, 6.45) is 1.85. The first-order valence-electron chi connectivity index (χ1n) is 5.92. The van der Waals surface area contributed by atoms with Gasteiger partial charge in [0.25, 0.3) is 0 Å². The van der Waals surface area contributed by atoms with Gasteiger partial charge in [0, 0.05) is 6.54 Å². The number of halogens is 1. The molecular formula is C13H19FN2O2. The minimum Gasteiger partial charge on any atom is -0.478 e. The number of nitrogens with zero attached hydrogens (tertiary/aromatic N) is 1. The zero-order chi connectivity index (χ0) is 13.5. The smallest absolute Gasteiger partial charge is 0.337 e. The molecule has 0 atom stereocenters. The fourth-order valence-electron chi connectivity index (χ4n) is 1.65. The molecule has 0 fully saturated rings. The fraction of sp³-hybridized carbons (Fsp3) is 0.462. The van der Waals surface area contributed by atoms with Crippen molar-refractivity contribution >= 4 is 11.7 Å². The number of hydrogen-bond donors (Lipinski definition) is 2. The average Bonchev–Trinajstić information content (AvgIpc) is 2.29. The van der Waals surface area contributed by atoms with Crippen molar-refractivity contribution in [3.63, 3.8) is 0 Å². The van der Waals surface area contributed by atoms with Crippen molar-refractivity contribution in [3.8, 4) is 0 Å². The third kappa shape index (κ3) is 4.33. The van der Waals surface area contributed by atoms with Crippen LogP contribution in [0.3, 0.4) is 0 Å². The predicted molar refractivity (Wildman–Crippen MR) is 69.6 cm³/mol. The maximum Gasteiger partial charge on any atom is 0.337 e. The Hall–Kier alpha value is -1.62. The first-order chi connectivity index (χ1) is 8.52. The third-order valence-electron chi connectivity index (χ3n) is 2.58. The largest absolute Gasteiger partial charge is 0.478 e. The summed E-state index contributed by atoms with van der Waals surface area (Å²) >= 11 is 0. The van der Waals surface area contributed by atoms with Gasteiger partial charge in [-0.1, -0.05) is 6.07 Å². The van der Waals surface area contributed by atoms with E-state index < -0.39 is 11.8 Å². The summed E-state index contributed by atoms with van der Waals surface area (Å²) in [6, 6.07) is 4.05. The molecule has 5 heteroatoms. The summed E-state index contributed by atoms with van der Waals surface area (Å²) in [5.74, 6) is -1.65. The third-order valence-corrected chi connectivity index (χ3v) is 2.58. The van der Waals surface area contributed by atoms with Crippen LogP contribution in [0.5, 0.6) is 0 Å². The van der Waals surface area contributed by atoms with E-state index in [-0.39, 0.29) is 11.3 Å². The van der Waals surface area contributed by atoms with Crippen LogP contribution in [0.25, 0.3) is 0 Å². The molecule has 1 aromatic carbocycles. The van der Waals surface area contributed by atoms with Gasteiger partial charge in [-0.25, -0.2) is 9.18 Å². The van der Waals surface area contributed by atoms with Gasteiger partial charge in [-0.2, -0.15) is 0 Å². The maximum absolute atomic E-state index is 13.5. The minimum absolute atomic E-state index is 0.0254. The molecule has 0 aromatic heterocycles. The molecule has 100 valence electrons. The van der Waals surface area contributed by atoms with Crippen molar-refractivity contribution in [1.29, 1.82) is 0 Å². The zero-order valence-corrected chi connectivity index (χ0v) is 10.7. The highest BCUT2D eigenvalue weighted by molar-refractivity contribution is 5.94. The molecule has 0 radical (unpaired) electrons. The molecule has 4 nitrogen and oxygen atoms in total. The predicted octanol–water partition coefficient (Wildman–Crippen LogP) is 2.28. The monoisotopic (exact) mass is 254 g/mol. The molecule has 0 aliphatic heterocycles. The summed E-state index contributed by atoms with van der Waals surface area (Å²) in [6.45, 7) is 1.53. The maximum atomic E-state index is 13.5. The van der Waals surface area contributed by atoms with Crippen molar-refractivity contribution in [1.82, 2.24) is 4.90 Å². The number of benzene rings is 1. The number of hydrogen-bond acceptors (Lipinski definition) is 3. The summed E-state index contributed by atoms with van der Waals surface area (Å²) in [5, 5.41) is 11.8. The first-order valence-corrected chi connectivity index (χ1v) is 5.92. The van der Waals surface area contributed by atoms with Crippen LogP contribution in [0.4, 0.5) is 10.1 Å². The van der Waals surface area contributed by atoms with Crippen LogP contribution in [0.1, 0.15) is 23.2 Å². The van der Waals surface area contributed by atoms with Gasteiger partial charge in [0.15, 0.2) is 0 Å². The molecule has 0 saturated carbocycles. The average molecular weight is 254 g/mol. The zero-order valence-electron chi connectivity index (χ0n) is 10.7. The molecule has 0 saturated heterocycles. The molecule has 0 aliphatic rings. The number of anilines is 1. The number of para-hydroxylation sites is 1. The van der Waals surface area contributed by atoms with Crippen LogP contribution in [-0.2, 0) is 0 Å². The van der Waals surface area contributed by atoms with Crippen LogP contribution < -0.4 is 5.32 Å². The molecule has 0 heterocycles. The second-order valence-electron chi connectivity index (χ2n) is 4.40. The Morgan fingerprint density at radius 1 is 1.39 bits per heavy atom. The molecule has 1 rings (SSSR count). The number of carboxylic acid groups (broad SMARTS) is 1. The topological polar surface area (TPSA) is 52.6 Å². The molecule has 0 aliphatic carbocycles. The van der Waals surface area contributed by atoms with Crippen LogP contribution in [-0.4, -0.2) is 43.2 Å². The Balaban J connectivity index is 2.53. The van der Waals surface area contributed by atoms with E-state index in [1.165, 1.54) is 18.2 Å². The van der Waals surface area contributed by atoms with Gasteiger partial charge in [-0.15, -0.1) is 0 Å². The van der Waals surface area contributed by atoms with E-state index in [1.807, 2.05) is 14.1 Å². The molecular weight excluding hydrogens is 235 g/mol. The number of nitrogens with one attached hydrogen (secondary N) is 1. The lowest BCUT2D eigenvalue weighted by Crippen LogP contribution is -2.15. The van der Waals surface area contributed by atoms with Crippen molar-refractivity contribution in [2.75, 3.05) is 32.5 Å². The van der Waals surface area contributed by atoms with Gasteiger partial charge in [0.1, 0.15) is 5.82 Å². The number of aromatic carboxylic acids is 1. The van der Waals surface area contributed by atoms with Crippen LogP contribution in [0, 0.1) is 5.82 Å². The van der Waals surface area contributed by atoms with Gasteiger partial charge in [0.05, 0.1) is 11.3 Å². The summed E-state index contributed by atoms with van der Waals surface area (Å²) < 4.78 is 13.5. The molecule has 0 amide bonds. The highest BCUT2D eigenvalue weighted by Gasteiger charge is 2.13. The molecule has 0 bridgehead atoms. The second-order valence-corrected chi connectivity index (χ2v) is 4.40. The number of carboxylic acids is 1. The lowest BCUT2D eigenvalue weighted by Gasteiger charge is -2.12. The standard InChI is InChI=1S/C13H19FN2O2/c1-16(2)9-4-3-8-15-12-10(13(17)18)6-5-7-11(12)14/h5-7,15H,3-4,8-9H2,1-2H3,(H,17,18). The molecule has 2 N–H and O–H groups in total. The molecule has 0 spiro atoms. The summed E-state index contributed by atoms with van der Waals surface area (Å²) in [5.41, 5.74) is 0.0532. The van der Waals surface area contributed by atoms with Crippen LogP contribution in [0.2, 0.25) is 0 Å². The van der Waals surface area contributed by atoms with E-state index >= 15 is 0 Å². The summed E-state index contributed by atoms with van der Waals surface area (Å²) in [7, 11) is 3.99.